The average molecular weight is 351 g/mol. The Morgan fingerprint density at radius 1 is 0.760 bits per heavy atom. The van der Waals surface area contributed by atoms with Crippen molar-refractivity contribution in [2.75, 3.05) is 10.1 Å². The minimum Gasteiger partial charge on any atom is -0.280 e. The number of nitrogens with zero attached hydrogens (tertiary/aromatic N) is 1. The Bertz CT molecular complexity index is 956. The van der Waals surface area contributed by atoms with E-state index in [1.807, 2.05) is 36.4 Å². The molecule has 0 atom stereocenters. The summed E-state index contributed by atoms with van der Waals surface area (Å²) in [5, 5.41) is 4.16. The normalized spacial score (nSPS) is 11.4. The van der Waals surface area contributed by atoms with Crippen LogP contribution in [0.25, 0.3) is 0 Å². The van der Waals surface area contributed by atoms with Gasteiger partial charge in [0.1, 0.15) is 0 Å². The minimum atomic E-state index is -3.60. The molecule has 5 nitrogen and oxygen atoms in total. The molecule has 0 aliphatic carbocycles. The fourth-order valence-corrected chi connectivity index (χ4v) is 3.26. The van der Waals surface area contributed by atoms with Gasteiger partial charge in [0.25, 0.3) is 10.0 Å². The summed E-state index contributed by atoms with van der Waals surface area (Å²) in [7, 11) is -3.60. The first-order chi connectivity index (χ1) is 12.1. The van der Waals surface area contributed by atoms with Crippen LogP contribution in [0.15, 0.2) is 94.9 Å². The van der Waals surface area contributed by atoms with Crippen molar-refractivity contribution in [2.45, 2.75) is 4.90 Å². The second-order valence-corrected chi connectivity index (χ2v) is 6.96. The standard InChI is InChI=1S/C19H17N3O2S/c23-25(24,19-12-5-2-6-13-19)22-18-11-7-8-16(14-18)15-20-21-17-9-3-1-4-10-17/h1-15,21-22H. The van der Waals surface area contributed by atoms with Crippen molar-refractivity contribution in [3.05, 3.63) is 90.5 Å². The highest BCUT2D eigenvalue weighted by atomic mass is 32.2. The minimum absolute atomic E-state index is 0.222. The second kappa shape index (κ2) is 7.63. The van der Waals surface area contributed by atoms with E-state index in [2.05, 4.69) is 15.2 Å². The Hall–Kier alpha value is -3.12. The smallest absolute Gasteiger partial charge is 0.261 e. The van der Waals surface area contributed by atoms with Crippen LogP contribution in [0.5, 0.6) is 0 Å². The fraction of sp³-hybridized carbons (Fsp3) is 0. The number of hydrazone groups is 1. The topological polar surface area (TPSA) is 70.6 Å². The molecule has 3 rings (SSSR count). The largest absolute Gasteiger partial charge is 0.280 e. The fourth-order valence-electron chi connectivity index (χ4n) is 2.19. The Morgan fingerprint density at radius 3 is 2.12 bits per heavy atom. The van der Waals surface area contributed by atoms with Crippen LogP contribution in [0.4, 0.5) is 11.4 Å². The van der Waals surface area contributed by atoms with E-state index in [0.29, 0.717) is 5.69 Å². The first-order valence-corrected chi connectivity index (χ1v) is 9.14. The van der Waals surface area contributed by atoms with Gasteiger partial charge >= 0.3 is 0 Å². The zero-order valence-electron chi connectivity index (χ0n) is 13.3. The van der Waals surface area contributed by atoms with Gasteiger partial charge in [-0.05, 0) is 42.0 Å². The predicted molar refractivity (Wildman–Crippen MR) is 101 cm³/mol. The Kier molecular flexibility index (Phi) is 5.11. The second-order valence-electron chi connectivity index (χ2n) is 5.28. The molecule has 0 radical (unpaired) electrons. The van der Waals surface area contributed by atoms with Gasteiger partial charge in [-0.15, -0.1) is 0 Å². The van der Waals surface area contributed by atoms with E-state index in [4.69, 9.17) is 0 Å². The molecule has 6 heteroatoms. The summed E-state index contributed by atoms with van der Waals surface area (Å²) >= 11 is 0. The lowest BCUT2D eigenvalue weighted by atomic mass is 10.2. The van der Waals surface area contributed by atoms with E-state index in [-0.39, 0.29) is 4.90 Å². The van der Waals surface area contributed by atoms with Crippen LogP contribution in [0, 0.1) is 0 Å². The number of para-hydroxylation sites is 1. The van der Waals surface area contributed by atoms with Crippen molar-refractivity contribution < 1.29 is 8.42 Å². The third kappa shape index (κ3) is 4.68. The van der Waals surface area contributed by atoms with Crippen LogP contribution in [0.1, 0.15) is 5.56 Å². The average Bonchev–Trinajstić information content (AvgIpc) is 2.63. The maximum atomic E-state index is 12.4. The van der Waals surface area contributed by atoms with E-state index in [9.17, 15) is 8.42 Å². The van der Waals surface area contributed by atoms with Crippen LogP contribution >= 0.6 is 0 Å². The van der Waals surface area contributed by atoms with Gasteiger partial charge in [0.15, 0.2) is 0 Å². The summed E-state index contributed by atoms with van der Waals surface area (Å²) < 4.78 is 27.3. The number of anilines is 2. The molecule has 0 amide bonds. The van der Waals surface area contributed by atoms with Gasteiger partial charge in [0, 0.05) is 5.69 Å². The van der Waals surface area contributed by atoms with Gasteiger partial charge in [-0.3, -0.25) is 10.1 Å². The van der Waals surface area contributed by atoms with E-state index in [1.165, 1.54) is 0 Å². The summed E-state index contributed by atoms with van der Waals surface area (Å²) in [5.74, 6) is 0. The molecule has 0 aromatic heterocycles. The van der Waals surface area contributed by atoms with Gasteiger partial charge < -0.3 is 0 Å². The number of benzene rings is 3. The highest BCUT2D eigenvalue weighted by molar-refractivity contribution is 7.92. The summed E-state index contributed by atoms with van der Waals surface area (Å²) in [5.41, 5.74) is 5.05. The Balaban J connectivity index is 1.71. The third-order valence-corrected chi connectivity index (χ3v) is 4.77. The SMILES string of the molecule is O=S(=O)(Nc1cccc(C=NNc2ccccc2)c1)c1ccccc1. The monoisotopic (exact) mass is 351 g/mol. The molecule has 126 valence electrons. The molecule has 0 saturated carbocycles. The van der Waals surface area contributed by atoms with Gasteiger partial charge in [-0.2, -0.15) is 5.10 Å². The molecule has 0 aliphatic heterocycles. The third-order valence-electron chi connectivity index (χ3n) is 3.37. The predicted octanol–water partition coefficient (Wildman–Crippen LogP) is 3.93. The van der Waals surface area contributed by atoms with Crippen LogP contribution < -0.4 is 10.1 Å². The lowest BCUT2D eigenvalue weighted by Gasteiger charge is -2.08. The summed E-state index contributed by atoms with van der Waals surface area (Å²) in [6, 6.07) is 24.8. The molecule has 3 aromatic rings. The molecular formula is C19H17N3O2S. The number of hydrogen-bond donors (Lipinski definition) is 2. The molecule has 0 saturated heterocycles. The van der Waals surface area contributed by atoms with E-state index in [0.717, 1.165) is 11.3 Å². The number of nitrogens with one attached hydrogen (secondary N) is 2. The maximum Gasteiger partial charge on any atom is 0.261 e. The molecule has 0 unspecified atom stereocenters. The van der Waals surface area contributed by atoms with Crippen molar-refractivity contribution in [1.29, 1.82) is 0 Å². The quantitative estimate of drug-likeness (QED) is 0.522. The van der Waals surface area contributed by atoms with Crippen molar-refractivity contribution >= 4 is 27.6 Å². The molecule has 0 bridgehead atoms. The van der Waals surface area contributed by atoms with Crippen molar-refractivity contribution in [2.24, 2.45) is 5.10 Å². The molecular weight excluding hydrogens is 334 g/mol. The highest BCUT2D eigenvalue weighted by Gasteiger charge is 2.13. The Morgan fingerprint density at radius 2 is 1.40 bits per heavy atom. The summed E-state index contributed by atoms with van der Waals surface area (Å²) in [6.07, 6.45) is 1.63. The molecule has 2 N–H and O–H groups in total. The first kappa shape index (κ1) is 16.7. The molecule has 0 spiro atoms. The zero-order chi connectivity index (χ0) is 17.5. The Labute approximate surface area is 147 Å². The van der Waals surface area contributed by atoms with E-state index < -0.39 is 10.0 Å². The van der Waals surface area contributed by atoms with Gasteiger partial charge in [0.2, 0.25) is 0 Å². The summed E-state index contributed by atoms with van der Waals surface area (Å²) in [4.78, 5) is 0.222. The summed E-state index contributed by atoms with van der Waals surface area (Å²) in [6.45, 7) is 0. The van der Waals surface area contributed by atoms with Gasteiger partial charge in [-0.25, -0.2) is 8.42 Å². The van der Waals surface area contributed by atoms with Gasteiger partial charge in [0.05, 0.1) is 16.8 Å². The molecule has 0 fully saturated rings. The lowest BCUT2D eigenvalue weighted by Crippen LogP contribution is -2.12. The first-order valence-electron chi connectivity index (χ1n) is 7.65. The van der Waals surface area contributed by atoms with Gasteiger partial charge in [-0.1, -0.05) is 48.5 Å². The van der Waals surface area contributed by atoms with Crippen LogP contribution in [-0.2, 0) is 10.0 Å². The van der Waals surface area contributed by atoms with Crippen molar-refractivity contribution in [3.63, 3.8) is 0 Å². The van der Waals surface area contributed by atoms with E-state index >= 15 is 0 Å². The number of sulfonamides is 1. The highest BCUT2D eigenvalue weighted by Crippen LogP contribution is 2.16. The molecule has 25 heavy (non-hydrogen) atoms. The van der Waals surface area contributed by atoms with Crippen LogP contribution in [0.2, 0.25) is 0 Å². The van der Waals surface area contributed by atoms with Crippen molar-refractivity contribution in [3.8, 4) is 0 Å². The van der Waals surface area contributed by atoms with E-state index in [1.54, 1.807) is 54.7 Å². The zero-order valence-corrected chi connectivity index (χ0v) is 14.1. The molecule has 0 heterocycles. The maximum absolute atomic E-state index is 12.4. The lowest BCUT2D eigenvalue weighted by molar-refractivity contribution is 0.601. The number of rotatable bonds is 6. The van der Waals surface area contributed by atoms with Crippen molar-refractivity contribution in [1.82, 2.24) is 0 Å². The molecule has 0 aliphatic rings. The van der Waals surface area contributed by atoms with Crippen LogP contribution in [0.3, 0.4) is 0 Å². The van der Waals surface area contributed by atoms with Crippen LogP contribution in [-0.4, -0.2) is 14.6 Å². The number of hydrogen-bond acceptors (Lipinski definition) is 4. The molecule has 3 aromatic carbocycles.